The van der Waals surface area contributed by atoms with Crippen molar-refractivity contribution < 1.29 is 9.53 Å². The molecule has 4 nitrogen and oxygen atoms in total. The van der Waals surface area contributed by atoms with Crippen LogP contribution in [0.15, 0.2) is 77.0 Å². The number of hydrogen-bond donors (Lipinski definition) is 0. The van der Waals surface area contributed by atoms with E-state index >= 15 is 0 Å². The van der Waals surface area contributed by atoms with Crippen molar-refractivity contribution in [2.24, 2.45) is 10.2 Å². The number of carbonyl (C=O) groups excluding carboxylic acids is 1. The Labute approximate surface area is 159 Å². The maximum Gasteiger partial charge on any atom is 0.159 e. The average molecular weight is 358 g/mol. The summed E-state index contributed by atoms with van der Waals surface area (Å²) in [6, 6.07) is 21.3. The lowest BCUT2D eigenvalue weighted by molar-refractivity contribution is 0.101. The largest absolute Gasteiger partial charge is 0.497 e. The van der Waals surface area contributed by atoms with E-state index in [4.69, 9.17) is 4.74 Å². The molecule has 0 saturated carbocycles. The maximum absolute atomic E-state index is 11.5. The molecule has 136 valence electrons. The van der Waals surface area contributed by atoms with Gasteiger partial charge in [-0.3, -0.25) is 4.79 Å². The lowest BCUT2D eigenvalue weighted by Gasteiger charge is -2.08. The van der Waals surface area contributed by atoms with Crippen LogP contribution in [-0.2, 0) is 6.42 Å². The molecule has 0 saturated heterocycles. The van der Waals surface area contributed by atoms with Gasteiger partial charge in [0, 0.05) is 17.2 Å². The second-order valence-corrected chi connectivity index (χ2v) is 6.24. The van der Waals surface area contributed by atoms with Gasteiger partial charge in [-0.2, -0.15) is 5.11 Å². The van der Waals surface area contributed by atoms with Crippen LogP contribution in [0.4, 0.5) is 11.4 Å². The van der Waals surface area contributed by atoms with Gasteiger partial charge in [-0.1, -0.05) is 49.4 Å². The third-order valence-corrected chi connectivity index (χ3v) is 4.40. The molecule has 0 amide bonds. The predicted octanol–water partition coefficient (Wildman–Crippen LogP) is 6.54. The minimum absolute atomic E-state index is 0.0563. The van der Waals surface area contributed by atoms with Crippen molar-refractivity contribution in [2.45, 2.75) is 20.3 Å². The predicted molar refractivity (Wildman–Crippen MR) is 108 cm³/mol. The van der Waals surface area contributed by atoms with Gasteiger partial charge in [0.25, 0.3) is 0 Å². The number of carbonyl (C=O) groups is 1. The Morgan fingerprint density at radius 3 is 2.41 bits per heavy atom. The smallest absolute Gasteiger partial charge is 0.159 e. The van der Waals surface area contributed by atoms with Crippen molar-refractivity contribution >= 4 is 17.2 Å². The van der Waals surface area contributed by atoms with Crippen LogP contribution in [0.2, 0.25) is 0 Å². The first kappa shape index (κ1) is 18.5. The van der Waals surface area contributed by atoms with Crippen molar-refractivity contribution in [3.8, 4) is 16.9 Å². The van der Waals surface area contributed by atoms with Crippen LogP contribution < -0.4 is 4.74 Å². The fourth-order valence-electron chi connectivity index (χ4n) is 2.79. The average Bonchev–Trinajstić information content (AvgIpc) is 2.72. The highest BCUT2D eigenvalue weighted by molar-refractivity contribution is 5.94. The highest BCUT2D eigenvalue weighted by atomic mass is 16.5. The Hall–Kier alpha value is -3.27. The Balaban J connectivity index is 2.00. The molecule has 3 aromatic carbocycles. The minimum Gasteiger partial charge on any atom is -0.497 e. The van der Waals surface area contributed by atoms with Gasteiger partial charge in [0.05, 0.1) is 18.5 Å². The lowest BCUT2D eigenvalue weighted by atomic mass is 9.99. The first-order chi connectivity index (χ1) is 13.1. The number of nitrogens with zero attached hydrogens (tertiary/aromatic N) is 2. The molecule has 0 spiro atoms. The van der Waals surface area contributed by atoms with Crippen LogP contribution in [0.5, 0.6) is 5.75 Å². The van der Waals surface area contributed by atoms with E-state index in [0.29, 0.717) is 5.56 Å². The molecule has 0 fully saturated rings. The number of ketones is 1. The third kappa shape index (κ3) is 4.47. The molecule has 0 aliphatic rings. The Morgan fingerprint density at radius 2 is 1.74 bits per heavy atom. The van der Waals surface area contributed by atoms with Crippen molar-refractivity contribution in [1.82, 2.24) is 0 Å². The zero-order valence-electron chi connectivity index (χ0n) is 15.8. The molecule has 3 rings (SSSR count). The number of methoxy groups -OCH3 is 1. The van der Waals surface area contributed by atoms with Gasteiger partial charge in [0.15, 0.2) is 5.78 Å². The summed E-state index contributed by atoms with van der Waals surface area (Å²) in [4.78, 5) is 11.5. The fraction of sp³-hybridized carbons (Fsp3) is 0.174. The van der Waals surface area contributed by atoms with Crippen LogP contribution in [0.3, 0.4) is 0 Å². The van der Waals surface area contributed by atoms with Gasteiger partial charge in [-0.15, -0.1) is 5.11 Å². The molecule has 0 aliphatic carbocycles. The lowest BCUT2D eigenvalue weighted by Crippen LogP contribution is -1.91. The summed E-state index contributed by atoms with van der Waals surface area (Å²) in [5.74, 6) is 0.801. The van der Waals surface area contributed by atoms with E-state index in [9.17, 15) is 4.79 Å². The fourth-order valence-corrected chi connectivity index (χ4v) is 2.79. The van der Waals surface area contributed by atoms with Crippen LogP contribution in [-0.4, -0.2) is 12.9 Å². The summed E-state index contributed by atoms with van der Waals surface area (Å²) in [6.07, 6.45) is 0.922. The molecular weight excluding hydrogens is 336 g/mol. The van der Waals surface area contributed by atoms with E-state index in [1.807, 2.05) is 48.5 Å². The van der Waals surface area contributed by atoms with Gasteiger partial charge in [0.1, 0.15) is 5.75 Å². The zero-order chi connectivity index (χ0) is 19.2. The van der Waals surface area contributed by atoms with Crippen molar-refractivity contribution in [3.63, 3.8) is 0 Å². The first-order valence-electron chi connectivity index (χ1n) is 8.91. The summed E-state index contributed by atoms with van der Waals surface area (Å²) >= 11 is 0. The summed E-state index contributed by atoms with van der Waals surface area (Å²) in [6.45, 7) is 3.68. The van der Waals surface area contributed by atoms with E-state index in [1.54, 1.807) is 14.0 Å². The summed E-state index contributed by atoms with van der Waals surface area (Å²) < 4.78 is 5.24. The van der Waals surface area contributed by atoms with Crippen molar-refractivity contribution in [3.05, 3.63) is 77.9 Å². The first-order valence-corrected chi connectivity index (χ1v) is 8.91. The molecule has 0 aliphatic heterocycles. The molecule has 0 unspecified atom stereocenters. The van der Waals surface area contributed by atoms with Crippen molar-refractivity contribution in [2.75, 3.05) is 7.11 Å². The molecule has 0 N–H and O–H groups in total. The summed E-state index contributed by atoms with van der Waals surface area (Å²) in [7, 11) is 1.63. The number of aryl methyl sites for hydroxylation is 1. The zero-order valence-corrected chi connectivity index (χ0v) is 15.8. The normalized spacial score (nSPS) is 10.9. The number of Topliss-reactive ketones (excluding diaryl/α,β-unsaturated/α-hetero) is 1. The molecule has 0 aromatic heterocycles. The second kappa shape index (κ2) is 8.41. The SMILES string of the molecule is CCc1ccc(-c2ccc(C(C)=O)cc2)c(N=Nc2cccc(OC)c2)c1. The second-order valence-electron chi connectivity index (χ2n) is 6.24. The maximum atomic E-state index is 11.5. The molecule has 3 aromatic rings. The molecular formula is C23H22N2O2. The molecule has 4 heteroatoms. The van der Waals surface area contributed by atoms with E-state index in [-0.39, 0.29) is 5.78 Å². The molecule has 0 radical (unpaired) electrons. The number of azo groups is 1. The number of benzene rings is 3. The number of rotatable bonds is 6. The Bertz CT molecular complexity index is 976. The topological polar surface area (TPSA) is 51.0 Å². The number of ether oxygens (including phenoxy) is 1. The van der Waals surface area contributed by atoms with E-state index in [0.717, 1.165) is 34.7 Å². The highest BCUT2D eigenvalue weighted by Crippen LogP contribution is 2.33. The highest BCUT2D eigenvalue weighted by Gasteiger charge is 2.08. The van der Waals surface area contributed by atoms with Crippen molar-refractivity contribution in [1.29, 1.82) is 0 Å². The van der Waals surface area contributed by atoms with Gasteiger partial charge >= 0.3 is 0 Å². The standard InChI is InChI=1S/C23H22N2O2/c1-4-17-8-13-22(19-11-9-18(10-12-19)16(2)26)23(14-17)25-24-20-6-5-7-21(15-20)27-3/h5-15H,4H2,1-3H3. The molecule has 0 heterocycles. The van der Waals surface area contributed by atoms with E-state index in [1.165, 1.54) is 5.56 Å². The van der Waals surface area contributed by atoms with Crippen LogP contribution >= 0.6 is 0 Å². The Kier molecular flexibility index (Phi) is 5.77. The minimum atomic E-state index is 0.0563. The molecule has 27 heavy (non-hydrogen) atoms. The third-order valence-electron chi connectivity index (χ3n) is 4.40. The molecule has 0 bridgehead atoms. The van der Waals surface area contributed by atoms with Crippen LogP contribution in [0, 0.1) is 0 Å². The van der Waals surface area contributed by atoms with E-state index in [2.05, 4.69) is 35.4 Å². The van der Waals surface area contributed by atoms with E-state index < -0.39 is 0 Å². The molecule has 0 atom stereocenters. The van der Waals surface area contributed by atoms with Gasteiger partial charge < -0.3 is 4.74 Å². The number of hydrogen-bond acceptors (Lipinski definition) is 4. The Morgan fingerprint density at radius 1 is 0.963 bits per heavy atom. The van der Waals surface area contributed by atoms with Gasteiger partial charge in [0.2, 0.25) is 0 Å². The van der Waals surface area contributed by atoms with Gasteiger partial charge in [-0.25, -0.2) is 0 Å². The van der Waals surface area contributed by atoms with Crippen LogP contribution in [0.1, 0.15) is 29.8 Å². The summed E-state index contributed by atoms with van der Waals surface area (Å²) in [5, 5.41) is 8.88. The quantitative estimate of drug-likeness (QED) is 0.371. The summed E-state index contributed by atoms with van der Waals surface area (Å²) in [5.41, 5.74) is 5.40. The van der Waals surface area contributed by atoms with Crippen LogP contribution in [0.25, 0.3) is 11.1 Å². The van der Waals surface area contributed by atoms with Gasteiger partial charge in [-0.05, 0) is 42.7 Å². The monoisotopic (exact) mass is 358 g/mol.